The first-order valence-corrected chi connectivity index (χ1v) is 5.58. The number of alkyl halides is 8. The number of rotatable bonds is 6. The first kappa shape index (κ1) is 17.5. The van der Waals surface area contributed by atoms with E-state index in [0.717, 1.165) is 0 Å². The van der Waals surface area contributed by atoms with Gasteiger partial charge in [-0.05, 0) is 11.1 Å². The molecule has 118 valence electrons. The van der Waals surface area contributed by atoms with Crippen LogP contribution in [0, 0.1) is 0 Å². The highest BCUT2D eigenvalue weighted by atomic mass is 19.4. The Morgan fingerprint density at radius 2 is 1.43 bits per heavy atom. The lowest BCUT2D eigenvalue weighted by atomic mass is 9.94. The van der Waals surface area contributed by atoms with Crippen molar-refractivity contribution in [3.8, 4) is 0 Å². The zero-order valence-corrected chi connectivity index (χ0v) is 10.4. The van der Waals surface area contributed by atoms with Crippen LogP contribution in [0.3, 0.4) is 0 Å². The van der Waals surface area contributed by atoms with Crippen LogP contribution in [0.5, 0.6) is 0 Å². The number of allylic oxidation sites excluding steroid dienone is 1. The molecule has 0 radical (unpaired) electrons. The third-order valence-corrected chi connectivity index (χ3v) is 2.77. The summed E-state index contributed by atoms with van der Waals surface area (Å²) in [4.78, 5) is 0. The highest BCUT2D eigenvalue weighted by molar-refractivity contribution is 5.64. The van der Waals surface area contributed by atoms with Gasteiger partial charge in [-0.15, -0.1) is 0 Å². The molecular formula is C13H10F8. The summed E-state index contributed by atoms with van der Waals surface area (Å²) in [5, 5.41) is 0. The lowest BCUT2D eigenvalue weighted by molar-refractivity contribution is -0.336. The predicted octanol–water partition coefficient (Wildman–Crippen LogP) is 5.26. The van der Waals surface area contributed by atoms with Gasteiger partial charge < -0.3 is 0 Å². The molecule has 8 heteroatoms. The van der Waals surface area contributed by atoms with Crippen LogP contribution in [0.25, 0.3) is 5.57 Å². The minimum absolute atomic E-state index is 0.0216. The number of hydrogen-bond acceptors (Lipinski definition) is 0. The lowest BCUT2D eigenvalue weighted by Gasteiger charge is -2.32. The predicted molar refractivity (Wildman–Crippen MR) is 60.9 cm³/mol. The molecule has 0 heterocycles. The minimum Gasteiger partial charge on any atom is -0.203 e. The number of halogens is 8. The van der Waals surface area contributed by atoms with Crippen LogP contribution in [0.4, 0.5) is 35.1 Å². The highest BCUT2D eigenvalue weighted by Gasteiger charge is 2.75. The fourth-order valence-electron chi connectivity index (χ4n) is 1.54. The fraction of sp³-hybridized carbons (Fsp3) is 0.385. The molecule has 1 aromatic carbocycles. The molecular weight excluding hydrogens is 308 g/mol. The van der Waals surface area contributed by atoms with Gasteiger partial charge in [-0.25, -0.2) is 8.78 Å². The zero-order chi connectivity index (χ0) is 16.5. The molecule has 0 bridgehead atoms. The van der Waals surface area contributed by atoms with Crippen LogP contribution < -0.4 is 0 Å². The van der Waals surface area contributed by atoms with E-state index in [0.29, 0.717) is 0 Å². The van der Waals surface area contributed by atoms with Gasteiger partial charge in [-0.2, -0.15) is 26.3 Å². The van der Waals surface area contributed by atoms with Crippen LogP contribution in [0.15, 0.2) is 36.9 Å². The second-order valence-corrected chi connectivity index (χ2v) is 4.35. The molecule has 0 saturated heterocycles. The SMILES string of the molecule is C=C(CC(F)(F)C(F)(F)C(F)(F)C(F)F)c1ccccc1. The van der Waals surface area contributed by atoms with Gasteiger partial charge in [-0.1, -0.05) is 36.9 Å². The van der Waals surface area contributed by atoms with Crippen molar-refractivity contribution in [2.45, 2.75) is 30.6 Å². The molecule has 0 saturated carbocycles. The molecule has 0 atom stereocenters. The Hall–Kier alpha value is -1.60. The number of benzene rings is 1. The molecule has 0 amide bonds. The maximum Gasteiger partial charge on any atom is 0.378 e. The third kappa shape index (κ3) is 3.19. The van der Waals surface area contributed by atoms with Gasteiger partial charge in [0.15, 0.2) is 0 Å². The molecule has 0 fully saturated rings. The molecule has 0 nitrogen and oxygen atoms in total. The summed E-state index contributed by atoms with van der Waals surface area (Å²) >= 11 is 0. The van der Waals surface area contributed by atoms with E-state index in [9.17, 15) is 35.1 Å². The Morgan fingerprint density at radius 3 is 1.86 bits per heavy atom. The molecule has 0 spiro atoms. The van der Waals surface area contributed by atoms with Gasteiger partial charge in [0.25, 0.3) is 0 Å². The molecule has 0 N–H and O–H groups in total. The molecule has 0 aliphatic carbocycles. The van der Waals surface area contributed by atoms with Gasteiger partial charge in [0, 0.05) is 6.42 Å². The minimum atomic E-state index is -6.20. The van der Waals surface area contributed by atoms with Crippen molar-refractivity contribution in [2.75, 3.05) is 0 Å². The smallest absolute Gasteiger partial charge is 0.203 e. The first-order valence-electron chi connectivity index (χ1n) is 5.58. The average molecular weight is 318 g/mol. The molecule has 0 unspecified atom stereocenters. The van der Waals surface area contributed by atoms with E-state index in [-0.39, 0.29) is 5.56 Å². The highest BCUT2D eigenvalue weighted by Crippen LogP contribution is 2.51. The standard InChI is InChI=1S/C13H10F8/c1-8(9-5-3-2-4-6-9)7-11(16,17)13(20,21)12(18,19)10(14)15/h2-6,10H,1,7H2. The Labute approximate surface area is 115 Å². The van der Waals surface area contributed by atoms with Crippen LogP contribution in [-0.2, 0) is 0 Å². The van der Waals surface area contributed by atoms with E-state index >= 15 is 0 Å². The largest absolute Gasteiger partial charge is 0.378 e. The Kier molecular flexibility index (Phi) is 4.70. The van der Waals surface area contributed by atoms with Crippen molar-refractivity contribution < 1.29 is 35.1 Å². The van der Waals surface area contributed by atoms with E-state index in [4.69, 9.17) is 0 Å². The Morgan fingerprint density at radius 1 is 0.952 bits per heavy atom. The van der Waals surface area contributed by atoms with Crippen LogP contribution in [-0.4, -0.2) is 24.2 Å². The topological polar surface area (TPSA) is 0 Å². The van der Waals surface area contributed by atoms with E-state index in [1.165, 1.54) is 30.3 Å². The summed E-state index contributed by atoms with van der Waals surface area (Å²) in [5.41, 5.74) is -0.543. The van der Waals surface area contributed by atoms with Gasteiger partial charge in [0.2, 0.25) is 0 Å². The van der Waals surface area contributed by atoms with Crippen molar-refractivity contribution in [1.29, 1.82) is 0 Å². The van der Waals surface area contributed by atoms with Crippen molar-refractivity contribution in [1.82, 2.24) is 0 Å². The molecule has 0 aliphatic rings. The van der Waals surface area contributed by atoms with Gasteiger partial charge in [0.1, 0.15) is 0 Å². The lowest BCUT2D eigenvalue weighted by Crippen LogP contribution is -2.57. The molecule has 21 heavy (non-hydrogen) atoms. The maximum absolute atomic E-state index is 13.4. The summed E-state index contributed by atoms with van der Waals surface area (Å²) in [6.45, 7) is 3.10. The van der Waals surface area contributed by atoms with Gasteiger partial charge >= 0.3 is 24.2 Å². The van der Waals surface area contributed by atoms with E-state index < -0.39 is 36.2 Å². The summed E-state index contributed by atoms with van der Waals surface area (Å²) in [7, 11) is 0. The Balaban J connectivity index is 3.03. The second-order valence-electron chi connectivity index (χ2n) is 4.35. The normalized spacial score (nSPS) is 13.6. The molecule has 1 aromatic rings. The average Bonchev–Trinajstić information content (AvgIpc) is 2.38. The summed E-state index contributed by atoms with van der Waals surface area (Å²) in [5.74, 6) is -17.7. The monoisotopic (exact) mass is 318 g/mol. The summed E-state index contributed by atoms with van der Waals surface area (Å²) in [6, 6.07) is 6.80. The Bertz CT molecular complexity index is 492. The van der Waals surface area contributed by atoms with Crippen LogP contribution in [0.1, 0.15) is 12.0 Å². The zero-order valence-electron chi connectivity index (χ0n) is 10.4. The van der Waals surface area contributed by atoms with Gasteiger partial charge in [-0.3, -0.25) is 0 Å². The third-order valence-electron chi connectivity index (χ3n) is 2.77. The van der Waals surface area contributed by atoms with Crippen molar-refractivity contribution in [3.05, 3.63) is 42.5 Å². The summed E-state index contributed by atoms with van der Waals surface area (Å²) in [6.07, 6.45) is -6.78. The fourth-order valence-corrected chi connectivity index (χ4v) is 1.54. The molecule has 0 aromatic heterocycles. The van der Waals surface area contributed by atoms with E-state index in [1.807, 2.05) is 0 Å². The van der Waals surface area contributed by atoms with E-state index in [2.05, 4.69) is 6.58 Å². The molecule has 1 rings (SSSR count). The quantitative estimate of drug-likeness (QED) is 0.628. The summed E-state index contributed by atoms with van der Waals surface area (Å²) < 4.78 is 102. The molecule has 0 aliphatic heterocycles. The first-order chi connectivity index (χ1) is 9.43. The van der Waals surface area contributed by atoms with Crippen LogP contribution in [0.2, 0.25) is 0 Å². The van der Waals surface area contributed by atoms with Crippen LogP contribution >= 0.6 is 0 Å². The van der Waals surface area contributed by atoms with Crippen molar-refractivity contribution in [3.63, 3.8) is 0 Å². The van der Waals surface area contributed by atoms with Crippen molar-refractivity contribution >= 4 is 5.57 Å². The number of hydrogen-bond donors (Lipinski definition) is 0. The second kappa shape index (κ2) is 5.65. The van der Waals surface area contributed by atoms with Crippen molar-refractivity contribution in [2.24, 2.45) is 0 Å². The van der Waals surface area contributed by atoms with Gasteiger partial charge in [0.05, 0.1) is 0 Å². The maximum atomic E-state index is 13.4. The van der Waals surface area contributed by atoms with E-state index in [1.54, 1.807) is 0 Å².